The number of furan rings is 1. The number of esters is 1. The third-order valence-electron chi connectivity index (χ3n) is 3.24. The van der Waals surface area contributed by atoms with Gasteiger partial charge in [-0.15, -0.1) is 0 Å². The van der Waals surface area contributed by atoms with Gasteiger partial charge in [-0.2, -0.15) is 0 Å². The van der Waals surface area contributed by atoms with Gasteiger partial charge in [-0.3, -0.25) is 4.98 Å². The van der Waals surface area contributed by atoms with Gasteiger partial charge < -0.3 is 13.9 Å². The van der Waals surface area contributed by atoms with Gasteiger partial charge in [0.05, 0.1) is 19.8 Å². The Morgan fingerprint density at radius 2 is 1.90 bits per heavy atom. The number of methoxy groups -OCH3 is 2. The molecule has 0 N–H and O–H groups in total. The Morgan fingerprint density at radius 1 is 1.14 bits per heavy atom. The molecule has 0 bridgehead atoms. The molecule has 0 aliphatic carbocycles. The van der Waals surface area contributed by atoms with E-state index in [9.17, 15) is 4.79 Å². The Hall–Kier alpha value is -2.82. The number of aromatic nitrogens is 1. The van der Waals surface area contributed by atoms with E-state index in [0.29, 0.717) is 28.0 Å². The van der Waals surface area contributed by atoms with Crippen molar-refractivity contribution < 1.29 is 18.7 Å². The van der Waals surface area contributed by atoms with Crippen molar-refractivity contribution >= 4 is 16.9 Å². The minimum Gasteiger partial charge on any atom is -0.493 e. The average molecular weight is 283 g/mol. The number of hydrogen-bond acceptors (Lipinski definition) is 5. The summed E-state index contributed by atoms with van der Waals surface area (Å²) in [6.45, 7) is 0. The number of benzene rings is 1. The second-order valence-electron chi connectivity index (χ2n) is 4.40. The quantitative estimate of drug-likeness (QED) is 0.690. The largest absolute Gasteiger partial charge is 0.493 e. The molecule has 0 atom stereocenters. The van der Waals surface area contributed by atoms with Crippen molar-refractivity contribution in [2.75, 3.05) is 14.2 Å². The van der Waals surface area contributed by atoms with E-state index in [1.165, 1.54) is 7.11 Å². The Labute approximate surface area is 121 Å². The third-order valence-corrected chi connectivity index (χ3v) is 3.24. The summed E-state index contributed by atoms with van der Waals surface area (Å²) in [4.78, 5) is 15.8. The molecule has 2 aromatic heterocycles. The highest BCUT2D eigenvalue weighted by molar-refractivity contribution is 6.05. The molecule has 0 saturated heterocycles. The third kappa shape index (κ3) is 2.23. The number of rotatable bonds is 3. The monoisotopic (exact) mass is 283 g/mol. The highest BCUT2D eigenvalue weighted by Crippen LogP contribution is 2.35. The first-order valence-corrected chi connectivity index (χ1v) is 6.34. The van der Waals surface area contributed by atoms with Gasteiger partial charge in [0.15, 0.2) is 11.3 Å². The van der Waals surface area contributed by atoms with Crippen LogP contribution in [0.5, 0.6) is 5.75 Å². The van der Waals surface area contributed by atoms with Crippen molar-refractivity contribution in [3.8, 4) is 17.1 Å². The molecule has 0 amide bonds. The summed E-state index contributed by atoms with van der Waals surface area (Å²) in [5, 5.41) is 0.660. The number of pyridine rings is 1. The van der Waals surface area contributed by atoms with Crippen LogP contribution in [-0.4, -0.2) is 25.2 Å². The summed E-state index contributed by atoms with van der Waals surface area (Å²) in [7, 11) is 2.91. The van der Waals surface area contributed by atoms with Crippen molar-refractivity contribution in [2.24, 2.45) is 0 Å². The molecular formula is C16H13NO4. The molecule has 0 saturated carbocycles. The summed E-state index contributed by atoms with van der Waals surface area (Å²) in [6, 6.07) is 8.83. The molecule has 5 nitrogen and oxygen atoms in total. The van der Waals surface area contributed by atoms with Gasteiger partial charge in [0, 0.05) is 23.3 Å². The minimum absolute atomic E-state index is 0.412. The van der Waals surface area contributed by atoms with E-state index in [-0.39, 0.29) is 0 Å². The predicted octanol–water partition coefficient (Wildman–Crippen LogP) is 3.29. The molecule has 3 rings (SSSR count). The number of nitrogens with zero attached hydrogens (tertiary/aromatic N) is 1. The lowest BCUT2D eigenvalue weighted by atomic mass is 10.1. The lowest BCUT2D eigenvalue weighted by molar-refractivity contribution is 0.0603. The van der Waals surface area contributed by atoms with Crippen LogP contribution in [0.25, 0.3) is 22.3 Å². The highest BCUT2D eigenvalue weighted by Gasteiger charge is 2.18. The van der Waals surface area contributed by atoms with Crippen molar-refractivity contribution in [2.45, 2.75) is 0 Å². The predicted molar refractivity (Wildman–Crippen MR) is 77.3 cm³/mol. The van der Waals surface area contributed by atoms with Crippen LogP contribution < -0.4 is 4.74 Å². The second kappa shape index (κ2) is 5.28. The lowest BCUT2D eigenvalue weighted by Crippen LogP contribution is -2.01. The van der Waals surface area contributed by atoms with Gasteiger partial charge in [-0.25, -0.2) is 4.79 Å². The SMILES string of the molecule is COC(=O)c1ccc(OC)c2oc(-c3ccncc3)cc12. The van der Waals surface area contributed by atoms with Crippen LogP contribution in [0.15, 0.2) is 47.1 Å². The van der Waals surface area contributed by atoms with Crippen LogP contribution in [0.2, 0.25) is 0 Å². The Kier molecular flexibility index (Phi) is 3.31. The smallest absolute Gasteiger partial charge is 0.338 e. The standard InChI is InChI=1S/C16H13NO4/c1-19-13-4-3-11(16(18)20-2)12-9-14(21-15(12)13)10-5-7-17-8-6-10/h3-9H,1-2H3. The Bertz CT molecular complexity index is 793. The van der Waals surface area contributed by atoms with Crippen molar-refractivity contribution in [1.29, 1.82) is 0 Å². The zero-order valence-electron chi connectivity index (χ0n) is 11.6. The topological polar surface area (TPSA) is 61.6 Å². The van der Waals surface area contributed by atoms with E-state index in [1.54, 1.807) is 37.7 Å². The van der Waals surface area contributed by atoms with Gasteiger partial charge in [0.2, 0.25) is 0 Å². The van der Waals surface area contributed by atoms with E-state index in [2.05, 4.69) is 4.98 Å². The normalized spacial score (nSPS) is 10.6. The van der Waals surface area contributed by atoms with Crippen molar-refractivity contribution in [3.63, 3.8) is 0 Å². The maximum atomic E-state index is 11.9. The maximum absolute atomic E-state index is 11.9. The minimum atomic E-state index is -0.412. The Balaban J connectivity index is 2.25. The van der Waals surface area contributed by atoms with E-state index in [4.69, 9.17) is 13.9 Å². The molecule has 0 fully saturated rings. The molecule has 0 spiro atoms. The van der Waals surface area contributed by atoms with E-state index in [1.807, 2.05) is 12.1 Å². The molecule has 0 aliphatic rings. The summed E-state index contributed by atoms with van der Waals surface area (Å²) in [5.74, 6) is 0.796. The maximum Gasteiger partial charge on any atom is 0.338 e. The first-order chi connectivity index (χ1) is 10.2. The molecular weight excluding hydrogens is 270 g/mol. The molecule has 0 radical (unpaired) electrons. The summed E-state index contributed by atoms with van der Waals surface area (Å²) >= 11 is 0. The van der Waals surface area contributed by atoms with Crippen LogP contribution in [-0.2, 0) is 4.74 Å². The number of carbonyl (C=O) groups is 1. The fraction of sp³-hybridized carbons (Fsp3) is 0.125. The Morgan fingerprint density at radius 3 is 2.57 bits per heavy atom. The average Bonchev–Trinajstić information content (AvgIpc) is 2.99. The van der Waals surface area contributed by atoms with E-state index < -0.39 is 5.97 Å². The molecule has 1 aromatic carbocycles. The zero-order chi connectivity index (χ0) is 14.8. The molecule has 0 unspecified atom stereocenters. The molecule has 2 heterocycles. The number of hydrogen-bond donors (Lipinski definition) is 0. The number of carbonyl (C=O) groups excluding carboxylic acids is 1. The molecule has 0 aliphatic heterocycles. The second-order valence-corrected chi connectivity index (χ2v) is 4.40. The zero-order valence-corrected chi connectivity index (χ0v) is 11.6. The lowest BCUT2D eigenvalue weighted by Gasteiger charge is -2.04. The van der Waals surface area contributed by atoms with Gasteiger partial charge >= 0.3 is 5.97 Å². The van der Waals surface area contributed by atoms with E-state index >= 15 is 0 Å². The molecule has 3 aromatic rings. The first-order valence-electron chi connectivity index (χ1n) is 6.34. The summed E-state index contributed by atoms with van der Waals surface area (Å²) < 4.78 is 15.9. The number of fused-ring (bicyclic) bond motifs is 1. The van der Waals surface area contributed by atoms with Crippen LogP contribution in [0.1, 0.15) is 10.4 Å². The fourth-order valence-corrected chi connectivity index (χ4v) is 2.21. The van der Waals surface area contributed by atoms with Crippen molar-refractivity contribution in [3.05, 3.63) is 48.3 Å². The van der Waals surface area contributed by atoms with Gasteiger partial charge in [0.1, 0.15) is 5.76 Å². The van der Waals surface area contributed by atoms with Crippen LogP contribution in [0, 0.1) is 0 Å². The number of ether oxygens (including phenoxy) is 2. The van der Waals surface area contributed by atoms with Gasteiger partial charge in [-0.05, 0) is 30.3 Å². The summed E-state index contributed by atoms with van der Waals surface area (Å²) in [6.07, 6.45) is 3.36. The van der Waals surface area contributed by atoms with Gasteiger partial charge in [-0.1, -0.05) is 0 Å². The first kappa shape index (κ1) is 13.2. The van der Waals surface area contributed by atoms with Crippen LogP contribution in [0.3, 0.4) is 0 Å². The fourth-order valence-electron chi connectivity index (χ4n) is 2.21. The van der Waals surface area contributed by atoms with Gasteiger partial charge in [0.25, 0.3) is 0 Å². The highest BCUT2D eigenvalue weighted by atomic mass is 16.5. The van der Waals surface area contributed by atoms with Crippen LogP contribution in [0.4, 0.5) is 0 Å². The summed E-state index contributed by atoms with van der Waals surface area (Å²) in [5.41, 5.74) is 1.84. The molecule has 106 valence electrons. The van der Waals surface area contributed by atoms with Crippen molar-refractivity contribution in [1.82, 2.24) is 4.98 Å². The molecule has 21 heavy (non-hydrogen) atoms. The van der Waals surface area contributed by atoms with Crippen LogP contribution >= 0.6 is 0 Å². The molecule has 5 heteroatoms. The van der Waals surface area contributed by atoms with E-state index in [0.717, 1.165) is 5.56 Å².